The Balaban J connectivity index is 1.60. The molecule has 1 aromatic carbocycles. The Kier molecular flexibility index (Phi) is 6.59. The fourth-order valence-corrected chi connectivity index (χ4v) is 5.44. The minimum Gasteiger partial charge on any atom is -0.342 e. The summed E-state index contributed by atoms with van der Waals surface area (Å²) in [6.07, 6.45) is -0.749. The second kappa shape index (κ2) is 8.86. The molecule has 2 heterocycles. The average Bonchev–Trinajstić information content (AvgIpc) is 3.29. The molecule has 1 aliphatic heterocycles. The number of thiazole rings is 1. The molecule has 8 nitrogen and oxygen atoms in total. The van der Waals surface area contributed by atoms with Gasteiger partial charge in [-0.25, -0.2) is 22.2 Å². The van der Waals surface area contributed by atoms with Gasteiger partial charge in [0.2, 0.25) is 5.91 Å². The summed E-state index contributed by atoms with van der Waals surface area (Å²) < 4.78 is 51.8. The molecule has 0 bridgehead atoms. The largest absolute Gasteiger partial charge is 0.342 e. The van der Waals surface area contributed by atoms with Crippen LogP contribution in [0.15, 0.2) is 34.5 Å². The first-order valence-electron chi connectivity index (χ1n) is 8.78. The van der Waals surface area contributed by atoms with Gasteiger partial charge in [0.15, 0.2) is 9.84 Å². The van der Waals surface area contributed by atoms with E-state index in [2.05, 4.69) is 10.3 Å². The van der Waals surface area contributed by atoms with Gasteiger partial charge < -0.3 is 10.2 Å². The van der Waals surface area contributed by atoms with Crippen LogP contribution in [0.4, 0.5) is 8.78 Å². The van der Waals surface area contributed by atoms with E-state index >= 15 is 0 Å². The number of nitrogens with zero attached hydrogens (tertiary/aromatic N) is 3. The minimum atomic E-state index is -3.70. The Bertz CT molecular complexity index is 1150. The fourth-order valence-electron chi connectivity index (χ4n) is 2.91. The van der Waals surface area contributed by atoms with Gasteiger partial charge >= 0.3 is 0 Å². The molecular formula is C18H15ClF2N4O4S2. The molecule has 0 aliphatic carbocycles. The summed E-state index contributed by atoms with van der Waals surface area (Å²) in [7, 11) is -3.70. The van der Waals surface area contributed by atoms with Crippen LogP contribution in [-0.2, 0) is 20.4 Å². The molecule has 0 spiro atoms. The molecule has 31 heavy (non-hydrogen) atoms. The van der Waals surface area contributed by atoms with Crippen LogP contribution in [-0.4, -0.2) is 55.2 Å². The highest BCUT2D eigenvalue weighted by Crippen LogP contribution is 2.31. The third-order valence-corrected chi connectivity index (χ3v) is 7.34. The second-order valence-electron chi connectivity index (χ2n) is 6.75. The van der Waals surface area contributed by atoms with Crippen molar-refractivity contribution < 1.29 is 26.8 Å². The number of sulfone groups is 1. The molecule has 0 unspecified atom stereocenters. The Morgan fingerprint density at radius 3 is 2.68 bits per heavy atom. The van der Waals surface area contributed by atoms with Gasteiger partial charge in [-0.1, -0.05) is 11.6 Å². The first-order chi connectivity index (χ1) is 14.5. The summed E-state index contributed by atoms with van der Waals surface area (Å²) >= 11 is 6.71. The van der Waals surface area contributed by atoms with Crippen molar-refractivity contribution in [3.8, 4) is 6.07 Å². The topological polar surface area (TPSA) is 120 Å². The Morgan fingerprint density at radius 2 is 2.03 bits per heavy atom. The number of nitrogens with one attached hydrogen (secondary N) is 1. The summed E-state index contributed by atoms with van der Waals surface area (Å²) in [6, 6.07) is 6.00. The zero-order chi connectivity index (χ0) is 22.8. The minimum absolute atomic E-state index is 0.0539. The maximum atomic E-state index is 13.4. The highest BCUT2D eigenvalue weighted by Gasteiger charge is 2.47. The fraction of sp³-hybridized carbons (Fsp3) is 0.333. The van der Waals surface area contributed by atoms with Crippen molar-refractivity contribution in [3.63, 3.8) is 0 Å². The van der Waals surface area contributed by atoms with Crippen molar-refractivity contribution in [3.05, 3.63) is 45.4 Å². The van der Waals surface area contributed by atoms with Crippen molar-refractivity contribution in [1.29, 1.82) is 5.26 Å². The molecule has 164 valence electrons. The number of hydrogen-bond acceptors (Lipinski definition) is 7. The summed E-state index contributed by atoms with van der Waals surface area (Å²) in [5.74, 6) is -5.17. The van der Waals surface area contributed by atoms with Crippen molar-refractivity contribution >= 4 is 44.6 Å². The number of rotatable bonds is 6. The normalized spacial score (nSPS) is 17.9. The van der Waals surface area contributed by atoms with Crippen molar-refractivity contribution in [1.82, 2.24) is 15.2 Å². The van der Waals surface area contributed by atoms with E-state index in [1.807, 2.05) is 0 Å². The number of aromatic nitrogens is 1. The molecule has 3 rings (SSSR count). The lowest BCUT2D eigenvalue weighted by Crippen LogP contribution is -2.43. The van der Waals surface area contributed by atoms with Crippen molar-refractivity contribution in [2.24, 2.45) is 0 Å². The van der Waals surface area contributed by atoms with E-state index in [0.717, 1.165) is 16.2 Å². The van der Waals surface area contributed by atoms with Crippen molar-refractivity contribution in [2.45, 2.75) is 29.0 Å². The number of carbonyl (C=O) groups excluding carboxylic acids is 2. The van der Waals surface area contributed by atoms with Crippen LogP contribution < -0.4 is 5.32 Å². The summed E-state index contributed by atoms with van der Waals surface area (Å²) in [4.78, 5) is 29.1. The zero-order valence-electron chi connectivity index (χ0n) is 15.7. The number of alkyl halides is 2. The molecule has 13 heteroatoms. The van der Waals surface area contributed by atoms with E-state index < -0.39 is 58.9 Å². The van der Waals surface area contributed by atoms with E-state index in [1.54, 1.807) is 6.07 Å². The maximum Gasteiger partial charge on any atom is 0.271 e. The van der Waals surface area contributed by atoms with Gasteiger partial charge in [-0.15, -0.1) is 11.3 Å². The molecule has 2 aromatic rings. The summed E-state index contributed by atoms with van der Waals surface area (Å²) in [5.41, 5.74) is -0.109. The van der Waals surface area contributed by atoms with Gasteiger partial charge in [0.25, 0.3) is 11.8 Å². The number of nitriles is 1. The number of amides is 2. The smallest absolute Gasteiger partial charge is 0.271 e. The van der Waals surface area contributed by atoms with Crippen LogP contribution in [0.5, 0.6) is 0 Å². The number of benzene rings is 1. The van der Waals surface area contributed by atoms with E-state index in [0.29, 0.717) is 5.02 Å². The average molecular weight is 489 g/mol. The Labute approximate surface area is 185 Å². The molecule has 2 amide bonds. The summed E-state index contributed by atoms with van der Waals surface area (Å²) in [5, 5.41) is 13.1. The third kappa shape index (κ3) is 5.55. The van der Waals surface area contributed by atoms with Crippen molar-refractivity contribution in [2.75, 3.05) is 13.1 Å². The molecule has 1 N–H and O–H groups in total. The predicted molar refractivity (Wildman–Crippen MR) is 107 cm³/mol. The number of likely N-dealkylation sites (tertiary alicyclic amines) is 1. The van der Waals surface area contributed by atoms with Crippen LogP contribution in [0.1, 0.15) is 21.9 Å². The lowest BCUT2D eigenvalue weighted by atomic mass is 10.2. The molecule has 0 saturated carbocycles. The first-order valence-corrected chi connectivity index (χ1v) is 11.7. The summed E-state index contributed by atoms with van der Waals surface area (Å²) in [6.45, 7) is -1.48. The Hall–Kier alpha value is -2.62. The van der Waals surface area contributed by atoms with E-state index in [9.17, 15) is 26.8 Å². The van der Waals surface area contributed by atoms with Gasteiger partial charge in [-0.05, 0) is 24.3 Å². The van der Waals surface area contributed by atoms with Crippen LogP contribution in [0, 0.1) is 11.3 Å². The van der Waals surface area contributed by atoms with Crippen LogP contribution >= 0.6 is 22.9 Å². The second-order valence-corrected chi connectivity index (χ2v) is 10.1. The van der Waals surface area contributed by atoms with Crippen LogP contribution in [0.2, 0.25) is 5.02 Å². The third-order valence-electron chi connectivity index (χ3n) is 4.41. The molecule has 0 radical (unpaired) electrons. The molecule has 1 aliphatic rings. The molecule has 1 saturated heterocycles. The van der Waals surface area contributed by atoms with Gasteiger partial charge in [0.05, 0.1) is 24.1 Å². The standard InChI is InChI=1S/C18H15ClF2N4O4S2/c19-11-1-3-13(4-2-11)31(28,29)9-15-24-14(8-30-15)17(27)23-7-16(26)25-10-18(20,21)5-12(25)6-22/h1-4,8,12H,5,7,9-10H2,(H,23,27)/t12-/m0/s1. The lowest BCUT2D eigenvalue weighted by molar-refractivity contribution is -0.131. The van der Waals surface area contributed by atoms with Crippen LogP contribution in [0.3, 0.4) is 0 Å². The first kappa shape index (κ1) is 23.1. The van der Waals surface area contributed by atoms with E-state index in [1.165, 1.54) is 29.6 Å². The van der Waals surface area contributed by atoms with Gasteiger partial charge in [0.1, 0.15) is 22.5 Å². The molecular weight excluding hydrogens is 474 g/mol. The Morgan fingerprint density at radius 1 is 1.35 bits per heavy atom. The molecule has 1 atom stereocenters. The quantitative estimate of drug-likeness (QED) is 0.666. The monoisotopic (exact) mass is 488 g/mol. The highest BCUT2D eigenvalue weighted by molar-refractivity contribution is 7.90. The predicted octanol–water partition coefficient (Wildman–Crippen LogP) is 2.26. The lowest BCUT2D eigenvalue weighted by Gasteiger charge is -2.19. The van der Waals surface area contributed by atoms with Gasteiger partial charge in [-0.2, -0.15) is 5.26 Å². The number of hydrogen-bond donors (Lipinski definition) is 1. The highest BCUT2D eigenvalue weighted by atomic mass is 35.5. The zero-order valence-corrected chi connectivity index (χ0v) is 18.1. The molecule has 1 fully saturated rings. The maximum absolute atomic E-state index is 13.4. The number of carbonyl (C=O) groups is 2. The van der Waals surface area contributed by atoms with Crippen LogP contribution in [0.25, 0.3) is 0 Å². The van der Waals surface area contributed by atoms with E-state index in [-0.39, 0.29) is 15.6 Å². The number of halogens is 3. The van der Waals surface area contributed by atoms with E-state index in [4.69, 9.17) is 16.9 Å². The van der Waals surface area contributed by atoms with Gasteiger partial charge in [-0.3, -0.25) is 9.59 Å². The SMILES string of the molecule is N#C[C@@H]1CC(F)(F)CN1C(=O)CNC(=O)c1csc(CS(=O)(=O)c2ccc(Cl)cc2)n1. The van der Waals surface area contributed by atoms with Gasteiger partial charge in [0, 0.05) is 16.8 Å². The molecule has 1 aromatic heterocycles.